The minimum atomic E-state index is 0.554. The summed E-state index contributed by atoms with van der Waals surface area (Å²) in [7, 11) is 2.12. The van der Waals surface area contributed by atoms with Crippen LogP contribution < -0.4 is 9.64 Å². The number of benzene rings is 1. The third kappa shape index (κ3) is 4.59. The van der Waals surface area contributed by atoms with Crippen molar-refractivity contribution in [3.8, 4) is 5.88 Å². The maximum absolute atomic E-state index is 6.06. The molecule has 0 aliphatic carbocycles. The van der Waals surface area contributed by atoms with Gasteiger partial charge in [-0.3, -0.25) is 4.90 Å². The molecule has 0 N–H and O–H groups in total. The van der Waals surface area contributed by atoms with Gasteiger partial charge in [0.05, 0.1) is 12.0 Å². The summed E-state index contributed by atoms with van der Waals surface area (Å²) in [5, 5.41) is 5.48. The highest BCUT2D eigenvalue weighted by molar-refractivity contribution is 5.88. The predicted octanol–water partition coefficient (Wildman–Crippen LogP) is 3.65. The van der Waals surface area contributed by atoms with E-state index in [1.807, 2.05) is 24.4 Å². The van der Waals surface area contributed by atoms with Crippen LogP contribution in [0.25, 0.3) is 11.0 Å². The van der Waals surface area contributed by atoms with Gasteiger partial charge in [-0.05, 0) is 44.1 Å². The average Bonchev–Trinajstić information content (AvgIpc) is 3.27. The molecule has 0 radical (unpaired) electrons. The second-order valence-electron chi connectivity index (χ2n) is 9.19. The molecule has 0 saturated carbocycles. The molecule has 2 saturated heterocycles. The Morgan fingerprint density at radius 2 is 2.03 bits per heavy atom. The summed E-state index contributed by atoms with van der Waals surface area (Å²) < 4.78 is 11.6. The first-order valence-corrected chi connectivity index (χ1v) is 11.8. The molecule has 32 heavy (non-hydrogen) atoms. The molecule has 0 spiro atoms. The molecule has 2 aliphatic rings. The van der Waals surface area contributed by atoms with E-state index in [1.165, 1.54) is 18.4 Å². The number of pyridine rings is 1. The number of rotatable bonds is 7. The third-order valence-electron chi connectivity index (χ3n) is 6.92. The summed E-state index contributed by atoms with van der Waals surface area (Å²) in [5.41, 5.74) is 2.09. The molecular formula is C25H33N5O2. The van der Waals surface area contributed by atoms with Crippen LogP contribution in [-0.2, 0) is 6.54 Å². The van der Waals surface area contributed by atoms with Gasteiger partial charge in [-0.1, -0.05) is 30.3 Å². The normalized spacial score (nSPS) is 21.8. The lowest BCUT2D eigenvalue weighted by molar-refractivity contribution is 0.0716. The Morgan fingerprint density at radius 1 is 1.12 bits per heavy atom. The van der Waals surface area contributed by atoms with Crippen molar-refractivity contribution in [2.45, 2.75) is 32.4 Å². The largest absolute Gasteiger partial charge is 0.477 e. The number of ether oxygens (including phenoxy) is 1. The van der Waals surface area contributed by atoms with Crippen LogP contribution >= 0.6 is 0 Å². The molecule has 0 unspecified atom stereocenters. The molecule has 7 nitrogen and oxygen atoms in total. The number of aromatic nitrogens is 2. The first-order valence-electron chi connectivity index (χ1n) is 11.8. The average molecular weight is 436 g/mol. The molecule has 3 aromatic rings. The van der Waals surface area contributed by atoms with Crippen LogP contribution in [0.2, 0.25) is 0 Å². The molecule has 5 rings (SSSR count). The highest BCUT2D eigenvalue weighted by Gasteiger charge is 2.34. The molecule has 1 aromatic carbocycles. The van der Waals surface area contributed by atoms with Gasteiger partial charge in [-0.15, -0.1) is 0 Å². The maximum atomic E-state index is 6.06. The Balaban J connectivity index is 1.12. The second kappa shape index (κ2) is 9.46. The molecular weight excluding hydrogens is 402 g/mol. The maximum Gasteiger partial charge on any atom is 0.213 e. The fraction of sp³-hybridized carbons (Fsp3) is 0.520. The SMILES string of the molecule is CCN(C)Cc1ccc(OC[C@@H]2CC[C@@H]3CN(c4noc5ccccc45)CCN3C2)nc1. The summed E-state index contributed by atoms with van der Waals surface area (Å²) >= 11 is 0. The van der Waals surface area contributed by atoms with E-state index in [4.69, 9.17) is 9.26 Å². The lowest BCUT2D eigenvalue weighted by atomic mass is 9.91. The number of hydrogen-bond donors (Lipinski definition) is 0. The zero-order valence-corrected chi connectivity index (χ0v) is 19.1. The minimum Gasteiger partial charge on any atom is -0.477 e. The van der Waals surface area contributed by atoms with Crippen LogP contribution in [0.3, 0.4) is 0 Å². The van der Waals surface area contributed by atoms with Gasteiger partial charge >= 0.3 is 0 Å². The van der Waals surface area contributed by atoms with Crippen LogP contribution in [0.4, 0.5) is 5.82 Å². The van der Waals surface area contributed by atoms with Crippen LogP contribution in [-0.4, -0.2) is 72.4 Å². The molecule has 170 valence electrons. The Labute approximate surface area is 189 Å². The van der Waals surface area contributed by atoms with E-state index in [-0.39, 0.29) is 0 Å². The molecule has 0 amide bonds. The fourth-order valence-corrected chi connectivity index (χ4v) is 4.90. The number of piperidine rings is 1. The lowest BCUT2D eigenvalue weighted by Gasteiger charge is -2.46. The van der Waals surface area contributed by atoms with Crippen LogP contribution in [0.1, 0.15) is 25.3 Å². The van der Waals surface area contributed by atoms with Crippen LogP contribution in [0.5, 0.6) is 5.88 Å². The topological polar surface area (TPSA) is 57.9 Å². The van der Waals surface area contributed by atoms with Crippen molar-refractivity contribution in [2.24, 2.45) is 5.92 Å². The minimum absolute atomic E-state index is 0.554. The third-order valence-corrected chi connectivity index (χ3v) is 6.92. The number of nitrogens with zero attached hydrogens (tertiary/aromatic N) is 5. The van der Waals surface area contributed by atoms with Crippen molar-refractivity contribution in [3.05, 3.63) is 48.2 Å². The molecule has 2 aliphatic heterocycles. The Morgan fingerprint density at radius 3 is 2.88 bits per heavy atom. The van der Waals surface area contributed by atoms with Crippen molar-refractivity contribution in [3.63, 3.8) is 0 Å². The monoisotopic (exact) mass is 435 g/mol. The van der Waals surface area contributed by atoms with E-state index in [2.05, 4.69) is 57.0 Å². The van der Waals surface area contributed by atoms with E-state index in [1.54, 1.807) is 0 Å². The summed E-state index contributed by atoms with van der Waals surface area (Å²) in [6.45, 7) is 9.00. The standard InChI is InChI=1S/C25H33N5O2/c1-3-28(2)15-19-9-11-24(26-14-19)31-18-20-8-10-21-17-30(13-12-29(21)16-20)25-22-6-4-5-7-23(22)32-27-25/h4-7,9,11,14,20-21H,3,8,10,12-13,15-18H2,1-2H3/t20-,21-/m1/s1. The van der Waals surface area contributed by atoms with Crippen molar-refractivity contribution in [1.82, 2.24) is 19.9 Å². The molecule has 2 fully saturated rings. The molecule has 2 atom stereocenters. The zero-order chi connectivity index (χ0) is 21.9. The summed E-state index contributed by atoms with van der Waals surface area (Å²) in [6.07, 6.45) is 4.31. The molecule has 7 heteroatoms. The number of piperazine rings is 1. The molecule has 4 heterocycles. The number of anilines is 1. The summed E-state index contributed by atoms with van der Waals surface area (Å²) in [5.74, 6) is 2.28. The quantitative estimate of drug-likeness (QED) is 0.561. The number of hydrogen-bond acceptors (Lipinski definition) is 7. The zero-order valence-electron chi connectivity index (χ0n) is 19.1. The smallest absolute Gasteiger partial charge is 0.213 e. The Kier molecular flexibility index (Phi) is 6.28. The second-order valence-corrected chi connectivity index (χ2v) is 9.19. The fourth-order valence-electron chi connectivity index (χ4n) is 4.90. The number of para-hydroxylation sites is 1. The van der Waals surface area contributed by atoms with Crippen molar-refractivity contribution >= 4 is 16.8 Å². The van der Waals surface area contributed by atoms with E-state index in [0.29, 0.717) is 12.0 Å². The van der Waals surface area contributed by atoms with Crippen LogP contribution in [0.15, 0.2) is 47.1 Å². The summed E-state index contributed by atoms with van der Waals surface area (Å²) in [4.78, 5) is 11.8. The van der Waals surface area contributed by atoms with E-state index in [9.17, 15) is 0 Å². The first-order chi connectivity index (χ1) is 15.7. The van der Waals surface area contributed by atoms with Gasteiger partial charge in [0.15, 0.2) is 11.4 Å². The highest BCUT2D eigenvalue weighted by Crippen LogP contribution is 2.31. The van der Waals surface area contributed by atoms with Gasteiger partial charge in [0.2, 0.25) is 5.88 Å². The van der Waals surface area contributed by atoms with Gasteiger partial charge in [0.1, 0.15) is 0 Å². The van der Waals surface area contributed by atoms with Crippen molar-refractivity contribution in [1.29, 1.82) is 0 Å². The van der Waals surface area contributed by atoms with E-state index < -0.39 is 0 Å². The van der Waals surface area contributed by atoms with Crippen molar-refractivity contribution < 1.29 is 9.26 Å². The van der Waals surface area contributed by atoms with E-state index >= 15 is 0 Å². The van der Waals surface area contributed by atoms with Gasteiger partial charge in [0, 0.05) is 56.9 Å². The first kappa shape index (κ1) is 21.2. The Bertz CT molecular complexity index is 1020. The van der Waals surface area contributed by atoms with Crippen molar-refractivity contribution in [2.75, 3.05) is 51.3 Å². The Hall–Kier alpha value is -2.64. The molecule has 2 aromatic heterocycles. The van der Waals surface area contributed by atoms with E-state index in [0.717, 1.165) is 68.5 Å². The predicted molar refractivity (Wildman–Crippen MR) is 126 cm³/mol. The highest BCUT2D eigenvalue weighted by atomic mass is 16.5. The van der Waals surface area contributed by atoms with Crippen LogP contribution in [0, 0.1) is 5.92 Å². The van der Waals surface area contributed by atoms with Gasteiger partial charge < -0.3 is 19.1 Å². The lowest BCUT2D eigenvalue weighted by Crippen LogP contribution is -2.57. The van der Waals surface area contributed by atoms with Gasteiger partial charge in [0.25, 0.3) is 0 Å². The summed E-state index contributed by atoms with van der Waals surface area (Å²) in [6, 6.07) is 12.8. The number of fused-ring (bicyclic) bond motifs is 2. The van der Waals surface area contributed by atoms with Gasteiger partial charge in [-0.25, -0.2) is 4.98 Å². The molecule has 0 bridgehead atoms. The van der Waals surface area contributed by atoms with Gasteiger partial charge in [-0.2, -0.15) is 0 Å².